The first-order chi connectivity index (χ1) is 14.2. The van der Waals surface area contributed by atoms with E-state index >= 15 is 0 Å². The summed E-state index contributed by atoms with van der Waals surface area (Å²) in [5.41, 5.74) is 0. The minimum Gasteiger partial charge on any atom is -0.481 e. The van der Waals surface area contributed by atoms with Gasteiger partial charge in [-0.2, -0.15) is 0 Å². The quantitative estimate of drug-likeness (QED) is 0.289. The van der Waals surface area contributed by atoms with Gasteiger partial charge in [-0.1, -0.05) is 18.3 Å². The molecule has 0 radical (unpaired) electrons. The predicted molar refractivity (Wildman–Crippen MR) is 105 cm³/mol. The van der Waals surface area contributed by atoms with Crippen molar-refractivity contribution in [2.24, 2.45) is 0 Å². The number of hydrogen-bond donors (Lipinski definition) is 2. The number of carbonyl (C=O) groups excluding carboxylic acids is 1. The smallest absolute Gasteiger partial charge is 0.408 e. The van der Waals surface area contributed by atoms with E-state index in [0.717, 1.165) is 32.1 Å². The van der Waals surface area contributed by atoms with E-state index in [9.17, 15) is 9.59 Å². The zero-order valence-electron chi connectivity index (χ0n) is 17.0. The first kappa shape index (κ1) is 25.2. The molecule has 0 spiro atoms. The molecule has 0 aliphatic heterocycles. The third-order valence-corrected chi connectivity index (χ3v) is 3.87. The molecule has 9 nitrogen and oxygen atoms in total. The van der Waals surface area contributed by atoms with Gasteiger partial charge in [-0.05, 0) is 19.3 Å². The third kappa shape index (κ3) is 16.8. The van der Waals surface area contributed by atoms with Crippen LogP contribution in [0.15, 0.2) is 0 Å². The van der Waals surface area contributed by atoms with Crippen LogP contribution >= 0.6 is 0 Å². The number of ether oxygens (including phenoxy) is 5. The molecule has 1 rings (SSSR count). The van der Waals surface area contributed by atoms with E-state index in [1.165, 1.54) is 0 Å². The molecule has 1 unspecified atom stereocenters. The molecule has 1 aliphatic carbocycles. The molecule has 29 heavy (non-hydrogen) atoms. The van der Waals surface area contributed by atoms with E-state index in [4.69, 9.17) is 28.8 Å². The van der Waals surface area contributed by atoms with Crippen molar-refractivity contribution in [3.8, 4) is 11.8 Å². The molecule has 1 amide bonds. The normalized spacial score (nSPS) is 16.2. The summed E-state index contributed by atoms with van der Waals surface area (Å²) in [6, 6.07) is 0. The number of rotatable bonds is 16. The van der Waals surface area contributed by atoms with Crippen LogP contribution in [0.1, 0.15) is 38.5 Å². The van der Waals surface area contributed by atoms with E-state index in [1.54, 1.807) is 0 Å². The third-order valence-electron chi connectivity index (χ3n) is 3.87. The summed E-state index contributed by atoms with van der Waals surface area (Å²) in [5, 5.41) is 11.1. The summed E-state index contributed by atoms with van der Waals surface area (Å²) in [4.78, 5) is 22.0. The van der Waals surface area contributed by atoms with Crippen LogP contribution in [0.5, 0.6) is 0 Å². The summed E-state index contributed by atoms with van der Waals surface area (Å²) >= 11 is 0. The Morgan fingerprint density at radius 1 is 0.862 bits per heavy atom. The van der Waals surface area contributed by atoms with Crippen LogP contribution in [0.2, 0.25) is 0 Å². The van der Waals surface area contributed by atoms with Gasteiger partial charge >= 0.3 is 12.1 Å². The SMILES string of the molecule is O=C(O)CCOCCOCCOCCOCCNC(=O)OC1C#CCCCCC1. The van der Waals surface area contributed by atoms with E-state index in [1.807, 2.05) is 0 Å². The van der Waals surface area contributed by atoms with Gasteiger partial charge in [0, 0.05) is 13.0 Å². The number of aliphatic carboxylic acids is 1. The van der Waals surface area contributed by atoms with Crippen molar-refractivity contribution in [1.29, 1.82) is 0 Å². The van der Waals surface area contributed by atoms with E-state index in [0.29, 0.717) is 52.8 Å². The van der Waals surface area contributed by atoms with Gasteiger partial charge in [-0.15, -0.1) is 0 Å². The topological polar surface area (TPSA) is 113 Å². The summed E-state index contributed by atoms with van der Waals surface area (Å²) < 4.78 is 26.4. The van der Waals surface area contributed by atoms with Crippen LogP contribution in [0.25, 0.3) is 0 Å². The van der Waals surface area contributed by atoms with Gasteiger partial charge in [0.25, 0.3) is 0 Å². The van der Waals surface area contributed by atoms with Crippen molar-refractivity contribution in [3.63, 3.8) is 0 Å². The highest BCUT2D eigenvalue weighted by molar-refractivity contribution is 5.67. The summed E-state index contributed by atoms with van der Waals surface area (Å²) in [5.74, 6) is 5.15. The van der Waals surface area contributed by atoms with Crippen LogP contribution in [-0.4, -0.2) is 82.7 Å². The van der Waals surface area contributed by atoms with E-state index < -0.39 is 12.1 Å². The Hall–Kier alpha value is -1.86. The highest BCUT2D eigenvalue weighted by Gasteiger charge is 2.12. The Bertz CT molecular complexity index is 502. The molecule has 0 aromatic carbocycles. The van der Waals surface area contributed by atoms with Gasteiger partial charge < -0.3 is 34.1 Å². The molecule has 0 fully saturated rings. The number of carboxylic acids is 1. The summed E-state index contributed by atoms with van der Waals surface area (Å²) in [6.45, 7) is 3.40. The Morgan fingerprint density at radius 3 is 2.14 bits per heavy atom. The maximum Gasteiger partial charge on any atom is 0.408 e. The Balaban J connectivity index is 1.81. The maximum absolute atomic E-state index is 11.7. The van der Waals surface area contributed by atoms with Crippen molar-refractivity contribution in [3.05, 3.63) is 0 Å². The lowest BCUT2D eigenvalue weighted by Gasteiger charge is -2.14. The molecule has 1 aliphatic rings. The van der Waals surface area contributed by atoms with Crippen molar-refractivity contribution < 1.29 is 38.4 Å². The zero-order chi connectivity index (χ0) is 21.0. The first-order valence-electron chi connectivity index (χ1n) is 10.1. The second kappa shape index (κ2) is 18.2. The Kier molecular flexibility index (Phi) is 15.8. The molecule has 0 heterocycles. The highest BCUT2D eigenvalue weighted by Crippen LogP contribution is 2.10. The van der Waals surface area contributed by atoms with Gasteiger partial charge in [-0.25, -0.2) is 4.79 Å². The van der Waals surface area contributed by atoms with Gasteiger partial charge in [0.05, 0.1) is 59.3 Å². The number of amides is 1. The number of hydrogen-bond acceptors (Lipinski definition) is 7. The minimum atomic E-state index is -0.878. The van der Waals surface area contributed by atoms with Gasteiger partial charge in [0.15, 0.2) is 6.10 Å². The fourth-order valence-electron chi connectivity index (χ4n) is 2.38. The van der Waals surface area contributed by atoms with Crippen molar-refractivity contribution in [2.45, 2.75) is 44.6 Å². The monoisotopic (exact) mass is 415 g/mol. The fraction of sp³-hybridized carbons (Fsp3) is 0.800. The first-order valence-corrected chi connectivity index (χ1v) is 10.1. The fourth-order valence-corrected chi connectivity index (χ4v) is 2.38. The molecule has 0 saturated heterocycles. The number of alkyl carbamates (subject to hydrolysis) is 1. The Morgan fingerprint density at radius 2 is 1.48 bits per heavy atom. The van der Waals surface area contributed by atoms with Crippen molar-refractivity contribution in [1.82, 2.24) is 5.32 Å². The summed E-state index contributed by atoms with van der Waals surface area (Å²) in [7, 11) is 0. The molecule has 0 aromatic rings. The van der Waals surface area contributed by atoms with Gasteiger partial charge in [-0.3, -0.25) is 4.79 Å². The number of carboxylic acid groups (broad SMARTS) is 1. The second-order valence-electron chi connectivity index (χ2n) is 6.33. The van der Waals surface area contributed by atoms with Crippen LogP contribution in [0.4, 0.5) is 4.79 Å². The molecular formula is C20H33NO8. The molecule has 0 aromatic heterocycles. The van der Waals surface area contributed by atoms with Crippen LogP contribution in [0.3, 0.4) is 0 Å². The number of carbonyl (C=O) groups is 2. The highest BCUT2D eigenvalue weighted by atomic mass is 16.6. The second-order valence-corrected chi connectivity index (χ2v) is 6.33. The van der Waals surface area contributed by atoms with E-state index in [-0.39, 0.29) is 19.1 Å². The van der Waals surface area contributed by atoms with E-state index in [2.05, 4.69) is 17.2 Å². The molecule has 166 valence electrons. The molecular weight excluding hydrogens is 382 g/mol. The van der Waals surface area contributed by atoms with Crippen LogP contribution in [-0.2, 0) is 28.5 Å². The van der Waals surface area contributed by atoms with Crippen molar-refractivity contribution in [2.75, 3.05) is 59.4 Å². The minimum absolute atomic E-state index is 0.00494. The van der Waals surface area contributed by atoms with Crippen molar-refractivity contribution >= 4 is 12.1 Å². The standard InChI is InChI=1S/C20H33NO8/c22-19(23)8-10-25-12-14-27-16-17-28-15-13-26-11-9-21-20(24)29-18-6-4-2-1-3-5-7-18/h18H,1-4,6,8-17H2,(H,21,24)(H,22,23). The van der Waals surface area contributed by atoms with Crippen LogP contribution < -0.4 is 5.32 Å². The maximum atomic E-state index is 11.7. The molecule has 9 heteroatoms. The lowest BCUT2D eigenvalue weighted by atomic mass is 10.1. The molecule has 0 saturated carbocycles. The van der Waals surface area contributed by atoms with Gasteiger partial charge in [0.2, 0.25) is 0 Å². The predicted octanol–water partition coefficient (Wildman–Crippen LogP) is 1.59. The summed E-state index contributed by atoms with van der Waals surface area (Å²) in [6.07, 6.45) is 4.14. The zero-order valence-corrected chi connectivity index (χ0v) is 17.0. The van der Waals surface area contributed by atoms with Crippen LogP contribution in [0, 0.1) is 11.8 Å². The molecule has 0 bridgehead atoms. The number of nitrogens with one attached hydrogen (secondary N) is 1. The average Bonchev–Trinajstić information content (AvgIpc) is 2.66. The lowest BCUT2D eigenvalue weighted by Crippen LogP contribution is -2.31. The molecule has 1 atom stereocenters. The van der Waals surface area contributed by atoms with Gasteiger partial charge in [0.1, 0.15) is 0 Å². The molecule has 2 N–H and O–H groups in total. The average molecular weight is 415 g/mol. The lowest BCUT2D eigenvalue weighted by molar-refractivity contribution is -0.138. The Labute approximate surface area is 172 Å². The largest absolute Gasteiger partial charge is 0.481 e.